The molecule has 0 radical (unpaired) electrons. The lowest BCUT2D eigenvalue weighted by molar-refractivity contribution is -0.120. The molecule has 0 bridgehead atoms. The van der Waals surface area contributed by atoms with E-state index in [4.69, 9.17) is 5.73 Å². The third-order valence-corrected chi connectivity index (χ3v) is 3.31. The molecule has 0 aliphatic rings. The first-order valence-corrected chi connectivity index (χ1v) is 6.25. The fourth-order valence-corrected chi connectivity index (χ4v) is 2.20. The standard InChI is InChI=1S/C13H12N2O2S/c14-12(16)11(9-5-2-1-3-6-9)15-13(17)10-7-4-8-18-10/h1-8,11H,(H2,14,16)(H,15,17)/t11-/m0/s1. The summed E-state index contributed by atoms with van der Waals surface area (Å²) >= 11 is 1.32. The Kier molecular flexibility index (Phi) is 3.74. The molecule has 1 heterocycles. The predicted octanol–water partition coefficient (Wildman–Crippen LogP) is 1.70. The molecule has 1 atom stereocenters. The van der Waals surface area contributed by atoms with Gasteiger partial charge >= 0.3 is 0 Å². The van der Waals surface area contributed by atoms with Crippen molar-refractivity contribution in [2.24, 2.45) is 5.73 Å². The lowest BCUT2D eigenvalue weighted by Gasteiger charge is -2.15. The van der Waals surface area contributed by atoms with E-state index in [1.54, 1.807) is 41.8 Å². The highest BCUT2D eigenvalue weighted by atomic mass is 32.1. The number of rotatable bonds is 4. The van der Waals surface area contributed by atoms with Crippen LogP contribution in [0.25, 0.3) is 0 Å². The first kappa shape index (κ1) is 12.3. The van der Waals surface area contributed by atoms with Gasteiger partial charge in [0, 0.05) is 0 Å². The topological polar surface area (TPSA) is 72.2 Å². The van der Waals surface area contributed by atoms with E-state index in [1.165, 1.54) is 11.3 Å². The van der Waals surface area contributed by atoms with E-state index in [9.17, 15) is 9.59 Å². The molecular formula is C13H12N2O2S. The molecule has 2 amide bonds. The van der Waals surface area contributed by atoms with Gasteiger partial charge in [0.25, 0.3) is 5.91 Å². The summed E-state index contributed by atoms with van der Waals surface area (Å²) in [6, 6.07) is 11.6. The minimum atomic E-state index is -0.805. The van der Waals surface area contributed by atoms with E-state index in [2.05, 4.69) is 5.32 Å². The Labute approximate surface area is 108 Å². The number of nitrogens with one attached hydrogen (secondary N) is 1. The molecule has 0 saturated heterocycles. The number of hydrogen-bond donors (Lipinski definition) is 2. The van der Waals surface area contributed by atoms with E-state index in [-0.39, 0.29) is 5.91 Å². The van der Waals surface area contributed by atoms with Crippen LogP contribution in [0.1, 0.15) is 21.3 Å². The second kappa shape index (κ2) is 5.46. The lowest BCUT2D eigenvalue weighted by Crippen LogP contribution is -2.37. The molecule has 2 aromatic rings. The fourth-order valence-electron chi connectivity index (χ4n) is 1.57. The number of hydrogen-bond acceptors (Lipinski definition) is 3. The molecule has 0 fully saturated rings. The van der Waals surface area contributed by atoms with Crippen LogP contribution < -0.4 is 11.1 Å². The first-order valence-electron chi connectivity index (χ1n) is 5.37. The SMILES string of the molecule is NC(=O)[C@@H](NC(=O)c1cccs1)c1ccccc1. The van der Waals surface area contributed by atoms with E-state index in [0.717, 1.165) is 0 Å². The molecule has 0 saturated carbocycles. The van der Waals surface area contributed by atoms with Crippen LogP contribution in [0.2, 0.25) is 0 Å². The van der Waals surface area contributed by atoms with Gasteiger partial charge in [0.1, 0.15) is 6.04 Å². The van der Waals surface area contributed by atoms with Crippen LogP contribution in [0, 0.1) is 0 Å². The summed E-state index contributed by atoms with van der Waals surface area (Å²) in [4.78, 5) is 23.9. The van der Waals surface area contributed by atoms with Crippen LogP contribution in [0.4, 0.5) is 0 Å². The van der Waals surface area contributed by atoms with Crippen LogP contribution in [0.15, 0.2) is 47.8 Å². The minimum absolute atomic E-state index is 0.294. The quantitative estimate of drug-likeness (QED) is 0.878. The summed E-state index contributed by atoms with van der Waals surface area (Å²) in [5, 5.41) is 4.43. The van der Waals surface area contributed by atoms with E-state index in [0.29, 0.717) is 10.4 Å². The summed E-state index contributed by atoms with van der Waals surface area (Å²) < 4.78 is 0. The zero-order chi connectivity index (χ0) is 13.0. The summed E-state index contributed by atoms with van der Waals surface area (Å²) in [6.07, 6.45) is 0. The largest absolute Gasteiger partial charge is 0.368 e. The Hall–Kier alpha value is -2.14. The summed E-state index contributed by atoms with van der Waals surface area (Å²) in [6.45, 7) is 0. The maximum absolute atomic E-state index is 11.9. The highest BCUT2D eigenvalue weighted by Crippen LogP contribution is 2.14. The maximum Gasteiger partial charge on any atom is 0.262 e. The zero-order valence-electron chi connectivity index (χ0n) is 9.50. The van der Waals surface area contributed by atoms with Gasteiger partial charge in [-0.1, -0.05) is 36.4 Å². The van der Waals surface area contributed by atoms with Crippen molar-refractivity contribution in [1.29, 1.82) is 0 Å². The smallest absolute Gasteiger partial charge is 0.262 e. The monoisotopic (exact) mass is 260 g/mol. The molecule has 5 heteroatoms. The van der Waals surface area contributed by atoms with Gasteiger partial charge in [-0.05, 0) is 17.0 Å². The number of primary amides is 1. The molecule has 0 aliphatic heterocycles. The van der Waals surface area contributed by atoms with Gasteiger partial charge in [-0.3, -0.25) is 9.59 Å². The van der Waals surface area contributed by atoms with Gasteiger partial charge in [-0.2, -0.15) is 0 Å². The molecule has 1 aromatic heterocycles. The van der Waals surface area contributed by atoms with Crippen molar-refractivity contribution in [3.05, 3.63) is 58.3 Å². The summed E-state index contributed by atoms with van der Waals surface area (Å²) in [7, 11) is 0. The number of carbonyl (C=O) groups excluding carboxylic acids is 2. The van der Waals surface area contributed by atoms with Gasteiger partial charge in [0.15, 0.2) is 0 Å². The Balaban J connectivity index is 2.18. The summed E-state index contributed by atoms with van der Waals surface area (Å²) in [5.74, 6) is -0.872. The van der Waals surface area contributed by atoms with Gasteiger partial charge in [-0.25, -0.2) is 0 Å². The van der Waals surface area contributed by atoms with Crippen molar-refractivity contribution in [3.8, 4) is 0 Å². The van der Waals surface area contributed by atoms with Crippen molar-refractivity contribution in [3.63, 3.8) is 0 Å². The van der Waals surface area contributed by atoms with Gasteiger partial charge in [0.05, 0.1) is 4.88 Å². The Bertz CT molecular complexity index is 537. The van der Waals surface area contributed by atoms with E-state index in [1.807, 2.05) is 6.07 Å². The third-order valence-electron chi connectivity index (χ3n) is 2.44. The molecule has 1 aromatic carbocycles. The molecule has 0 unspecified atom stereocenters. The molecule has 4 nitrogen and oxygen atoms in total. The zero-order valence-corrected chi connectivity index (χ0v) is 10.3. The average Bonchev–Trinajstić information content (AvgIpc) is 2.90. The summed E-state index contributed by atoms with van der Waals surface area (Å²) in [5.41, 5.74) is 6.00. The van der Waals surface area contributed by atoms with Crippen LogP contribution in [0.5, 0.6) is 0 Å². The first-order chi connectivity index (χ1) is 8.68. The van der Waals surface area contributed by atoms with Crippen LogP contribution in [-0.2, 0) is 4.79 Å². The Morgan fingerprint density at radius 1 is 1.11 bits per heavy atom. The van der Waals surface area contributed by atoms with Crippen LogP contribution in [0.3, 0.4) is 0 Å². The number of amides is 2. The molecule has 0 spiro atoms. The molecule has 2 rings (SSSR count). The van der Waals surface area contributed by atoms with Gasteiger partial charge in [0.2, 0.25) is 5.91 Å². The maximum atomic E-state index is 11.9. The highest BCUT2D eigenvalue weighted by Gasteiger charge is 2.20. The van der Waals surface area contributed by atoms with Crippen LogP contribution in [-0.4, -0.2) is 11.8 Å². The van der Waals surface area contributed by atoms with Crippen LogP contribution >= 0.6 is 11.3 Å². The molecule has 0 aliphatic carbocycles. The lowest BCUT2D eigenvalue weighted by atomic mass is 10.1. The number of thiophene rings is 1. The van der Waals surface area contributed by atoms with Crippen molar-refractivity contribution >= 4 is 23.2 Å². The second-order valence-electron chi connectivity index (χ2n) is 3.70. The van der Waals surface area contributed by atoms with E-state index >= 15 is 0 Å². The molecule has 18 heavy (non-hydrogen) atoms. The Morgan fingerprint density at radius 2 is 1.83 bits per heavy atom. The number of carbonyl (C=O) groups is 2. The highest BCUT2D eigenvalue weighted by molar-refractivity contribution is 7.12. The van der Waals surface area contributed by atoms with Crippen molar-refractivity contribution in [2.45, 2.75) is 6.04 Å². The van der Waals surface area contributed by atoms with Crippen molar-refractivity contribution in [1.82, 2.24) is 5.32 Å². The second-order valence-corrected chi connectivity index (χ2v) is 4.64. The van der Waals surface area contributed by atoms with Gasteiger partial charge in [-0.15, -0.1) is 11.3 Å². The predicted molar refractivity (Wildman–Crippen MR) is 70.2 cm³/mol. The minimum Gasteiger partial charge on any atom is -0.368 e. The number of nitrogens with two attached hydrogens (primary N) is 1. The van der Waals surface area contributed by atoms with Crippen molar-refractivity contribution in [2.75, 3.05) is 0 Å². The molecular weight excluding hydrogens is 248 g/mol. The van der Waals surface area contributed by atoms with Crippen molar-refractivity contribution < 1.29 is 9.59 Å². The molecule has 92 valence electrons. The average molecular weight is 260 g/mol. The normalized spacial score (nSPS) is 11.8. The van der Waals surface area contributed by atoms with Gasteiger partial charge < -0.3 is 11.1 Å². The fraction of sp³-hybridized carbons (Fsp3) is 0.0769. The molecule has 3 N–H and O–H groups in total. The van der Waals surface area contributed by atoms with E-state index < -0.39 is 11.9 Å². The Morgan fingerprint density at radius 3 is 2.39 bits per heavy atom. The third kappa shape index (κ3) is 2.75. The number of benzene rings is 1.